The summed E-state index contributed by atoms with van der Waals surface area (Å²) >= 11 is 8.01. The van der Waals surface area contributed by atoms with Crippen LogP contribution in [0.1, 0.15) is 12.8 Å². The first-order valence-electron chi connectivity index (χ1n) is 6.03. The zero-order valence-corrected chi connectivity index (χ0v) is 15.3. The van der Waals surface area contributed by atoms with Crippen LogP contribution in [0.25, 0.3) is 0 Å². The minimum Gasteiger partial charge on any atom is -0.316 e. The molecule has 0 spiro atoms. The Balaban J connectivity index is 2.12. The van der Waals surface area contributed by atoms with Gasteiger partial charge < -0.3 is 5.32 Å². The Hall–Kier alpha value is 0.530. The molecule has 1 N–H and O–H groups in total. The van der Waals surface area contributed by atoms with Crippen LogP contribution in [0.2, 0.25) is 0 Å². The second-order valence-corrected chi connectivity index (χ2v) is 10.4. The fourth-order valence-electron chi connectivity index (χ4n) is 2.21. The number of nitrogens with one attached hydrogen (secondary N) is 1. The lowest BCUT2D eigenvalue weighted by atomic mass is 10.00. The first-order valence-corrected chi connectivity index (χ1v) is 9.87. The summed E-state index contributed by atoms with van der Waals surface area (Å²) in [6.45, 7) is 2.50. The molecule has 1 aromatic rings. The fourth-order valence-corrected chi connectivity index (χ4v) is 7.21. The minimum atomic E-state index is -3.41. The Labute approximate surface area is 134 Å². The van der Waals surface area contributed by atoms with Crippen molar-refractivity contribution in [3.05, 3.63) is 13.6 Å². The first-order chi connectivity index (χ1) is 8.91. The highest BCUT2D eigenvalue weighted by atomic mass is 79.9. The van der Waals surface area contributed by atoms with Crippen molar-refractivity contribution >= 4 is 53.2 Å². The maximum Gasteiger partial charge on any atom is 0.244 e. The molecular weight excluding hydrogens is 416 g/mol. The predicted molar refractivity (Wildman–Crippen MR) is 85.1 cm³/mol. The third-order valence-electron chi connectivity index (χ3n) is 3.23. The summed E-state index contributed by atoms with van der Waals surface area (Å²) in [6, 6.07) is 1.65. The smallest absolute Gasteiger partial charge is 0.244 e. The Kier molecular flexibility index (Phi) is 5.47. The average molecular weight is 432 g/mol. The van der Waals surface area contributed by atoms with Gasteiger partial charge in [0.1, 0.15) is 4.90 Å². The maximum absolute atomic E-state index is 12.5. The molecule has 19 heavy (non-hydrogen) atoms. The van der Waals surface area contributed by atoms with E-state index in [1.807, 2.05) is 0 Å². The highest BCUT2D eigenvalue weighted by molar-refractivity contribution is 9.12. The van der Waals surface area contributed by atoms with Crippen LogP contribution in [-0.4, -0.2) is 39.4 Å². The van der Waals surface area contributed by atoms with E-state index in [2.05, 4.69) is 37.2 Å². The quantitative estimate of drug-likeness (QED) is 0.797. The van der Waals surface area contributed by atoms with Crippen LogP contribution in [0.5, 0.6) is 0 Å². The molecule has 1 atom stereocenters. The van der Waals surface area contributed by atoms with E-state index in [1.165, 1.54) is 15.6 Å². The molecule has 0 amide bonds. The van der Waals surface area contributed by atoms with E-state index in [-0.39, 0.29) is 0 Å². The summed E-state index contributed by atoms with van der Waals surface area (Å²) in [5.74, 6) is 0.398. The highest BCUT2D eigenvalue weighted by Crippen LogP contribution is 2.36. The van der Waals surface area contributed by atoms with Crippen molar-refractivity contribution in [2.45, 2.75) is 17.7 Å². The van der Waals surface area contributed by atoms with E-state index in [1.54, 1.807) is 13.1 Å². The monoisotopic (exact) mass is 430 g/mol. The lowest BCUT2D eigenvalue weighted by Crippen LogP contribution is -2.39. The maximum atomic E-state index is 12.5. The van der Waals surface area contributed by atoms with Crippen LogP contribution in [0, 0.1) is 5.92 Å². The van der Waals surface area contributed by atoms with E-state index in [9.17, 15) is 8.42 Å². The van der Waals surface area contributed by atoms with Crippen molar-refractivity contribution in [2.24, 2.45) is 5.92 Å². The first kappa shape index (κ1) is 15.9. The van der Waals surface area contributed by atoms with Crippen molar-refractivity contribution in [1.82, 2.24) is 9.62 Å². The van der Waals surface area contributed by atoms with Gasteiger partial charge in [0.2, 0.25) is 10.0 Å². The molecule has 4 nitrogen and oxygen atoms in total. The van der Waals surface area contributed by atoms with E-state index < -0.39 is 10.0 Å². The summed E-state index contributed by atoms with van der Waals surface area (Å²) in [7, 11) is -1.75. The molecule has 1 unspecified atom stereocenters. The van der Waals surface area contributed by atoms with Crippen molar-refractivity contribution in [1.29, 1.82) is 0 Å². The van der Waals surface area contributed by atoms with Gasteiger partial charge in [-0.1, -0.05) is 0 Å². The molecule has 2 heterocycles. The Bertz CT molecular complexity index is 539. The highest BCUT2D eigenvalue weighted by Gasteiger charge is 2.27. The van der Waals surface area contributed by atoms with Gasteiger partial charge in [0, 0.05) is 13.6 Å². The predicted octanol–water partition coefficient (Wildman–Crippen LogP) is 2.89. The Morgan fingerprint density at radius 3 is 2.79 bits per heavy atom. The summed E-state index contributed by atoms with van der Waals surface area (Å²) in [5, 5.41) is 3.31. The Morgan fingerprint density at radius 2 is 2.26 bits per heavy atom. The van der Waals surface area contributed by atoms with E-state index >= 15 is 0 Å². The zero-order chi connectivity index (χ0) is 14.0. The Morgan fingerprint density at radius 1 is 1.53 bits per heavy atom. The third-order valence-corrected chi connectivity index (χ3v) is 7.81. The normalized spacial score (nSPS) is 20.9. The summed E-state index contributed by atoms with van der Waals surface area (Å²) in [5.41, 5.74) is 0. The molecule has 0 aromatic carbocycles. The van der Waals surface area contributed by atoms with Gasteiger partial charge in [0.15, 0.2) is 0 Å². The van der Waals surface area contributed by atoms with Crippen LogP contribution >= 0.6 is 43.2 Å². The van der Waals surface area contributed by atoms with Crippen LogP contribution < -0.4 is 5.32 Å². The summed E-state index contributed by atoms with van der Waals surface area (Å²) in [4.78, 5) is 0.343. The lowest BCUT2D eigenvalue weighted by molar-refractivity contribution is 0.315. The van der Waals surface area contributed by atoms with E-state index in [4.69, 9.17) is 0 Å². The molecule has 0 bridgehead atoms. The molecule has 1 aromatic heterocycles. The molecule has 1 saturated heterocycles. The van der Waals surface area contributed by atoms with Gasteiger partial charge in [0.25, 0.3) is 0 Å². The summed E-state index contributed by atoms with van der Waals surface area (Å²) < 4.78 is 27.9. The fraction of sp³-hybridized carbons (Fsp3) is 0.636. The van der Waals surface area contributed by atoms with E-state index in [0.29, 0.717) is 21.1 Å². The molecule has 2 rings (SSSR count). The van der Waals surface area contributed by atoms with Gasteiger partial charge in [-0.2, -0.15) is 0 Å². The third kappa shape index (κ3) is 3.79. The molecule has 0 radical (unpaired) electrons. The molecule has 0 saturated carbocycles. The second kappa shape index (κ2) is 6.53. The largest absolute Gasteiger partial charge is 0.316 e. The number of hydrogen-bond acceptors (Lipinski definition) is 4. The average Bonchev–Trinajstić information content (AvgIpc) is 2.70. The zero-order valence-electron chi connectivity index (χ0n) is 10.5. The van der Waals surface area contributed by atoms with Crippen LogP contribution in [-0.2, 0) is 10.0 Å². The summed E-state index contributed by atoms with van der Waals surface area (Å²) in [6.07, 6.45) is 2.20. The second-order valence-electron chi connectivity index (χ2n) is 4.69. The molecular formula is C11H16Br2N2O2S2. The molecule has 0 aliphatic carbocycles. The molecule has 1 aliphatic rings. The SMILES string of the molecule is CN(CC1CCCNC1)S(=O)(=O)c1cc(Br)sc1Br. The van der Waals surface area contributed by atoms with Crippen molar-refractivity contribution in [3.63, 3.8) is 0 Å². The number of nitrogens with zero attached hydrogens (tertiary/aromatic N) is 1. The van der Waals surface area contributed by atoms with Crippen molar-refractivity contribution < 1.29 is 8.42 Å². The standard InChI is InChI=1S/C11H16Br2N2O2S2/c1-15(7-8-3-2-4-14-6-8)19(16,17)9-5-10(12)18-11(9)13/h5,8,14H,2-4,6-7H2,1H3. The van der Waals surface area contributed by atoms with Gasteiger partial charge >= 0.3 is 0 Å². The van der Waals surface area contributed by atoms with Crippen LogP contribution in [0.4, 0.5) is 0 Å². The number of rotatable bonds is 4. The number of piperidine rings is 1. The topological polar surface area (TPSA) is 49.4 Å². The molecule has 1 aliphatic heterocycles. The van der Waals surface area contributed by atoms with Crippen LogP contribution in [0.3, 0.4) is 0 Å². The minimum absolute atomic E-state index is 0.343. The van der Waals surface area contributed by atoms with Crippen molar-refractivity contribution in [3.8, 4) is 0 Å². The molecule has 108 valence electrons. The number of halogens is 2. The number of thiophene rings is 1. The van der Waals surface area contributed by atoms with Gasteiger partial charge in [-0.15, -0.1) is 11.3 Å². The number of hydrogen-bond donors (Lipinski definition) is 1. The number of sulfonamides is 1. The van der Waals surface area contributed by atoms with Crippen molar-refractivity contribution in [2.75, 3.05) is 26.7 Å². The van der Waals surface area contributed by atoms with E-state index in [0.717, 1.165) is 29.7 Å². The van der Waals surface area contributed by atoms with Gasteiger partial charge in [-0.05, 0) is 69.8 Å². The molecule has 1 fully saturated rings. The van der Waals surface area contributed by atoms with Gasteiger partial charge in [-0.25, -0.2) is 12.7 Å². The van der Waals surface area contributed by atoms with Gasteiger partial charge in [-0.3, -0.25) is 0 Å². The van der Waals surface area contributed by atoms with Crippen LogP contribution in [0.15, 0.2) is 18.5 Å². The van der Waals surface area contributed by atoms with Gasteiger partial charge in [0.05, 0.1) is 7.57 Å². The lowest BCUT2D eigenvalue weighted by Gasteiger charge is -2.27. The molecule has 8 heteroatoms.